The molecule has 0 amide bonds. The first kappa shape index (κ1) is 12.6. The van der Waals surface area contributed by atoms with Crippen LogP contribution >= 0.6 is 0 Å². The topological polar surface area (TPSA) is 62.6 Å². The van der Waals surface area contributed by atoms with Gasteiger partial charge in [-0.25, -0.2) is 0 Å². The number of hydrogen-bond donors (Lipinski definition) is 1. The Balaban J connectivity index is 2.03. The molecule has 18 heavy (non-hydrogen) atoms. The first-order valence-electron chi connectivity index (χ1n) is 5.77. The molecule has 0 atom stereocenters. The summed E-state index contributed by atoms with van der Waals surface area (Å²) >= 11 is 0. The van der Waals surface area contributed by atoms with Crippen molar-refractivity contribution in [3.63, 3.8) is 0 Å². The second kappa shape index (κ2) is 6.18. The van der Waals surface area contributed by atoms with Gasteiger partial charge < -0.3 is 14.0 Å². The molecule has 0 saturated carbocycles. The van der Waals surface area contributed by atoms with Crippen LogP contribution in [0.25, 0.3) is 11.5 Å². The zero-order valence-electron chi connectivity index (χ0n) is 10.1. The van der Waals surface area contributed by atoms with Crippen molar-refractivity contribution >= 4 is 0 Å². The maximum atomic E-state index is 8.96. The first-order chi connectivity index (χ1) is 8.83. The van der Waals surface area contributed by atoms with Gasteiger partial charge in [0, 0.05) is 25.7 Å². The average Bonchev–Trinajstić information content (AvgIpc) is 2.98. The van der Waals surface area contributed by atoms with Crippen LogP contribution in [0.15, 0.2) is 46.1 Å². The molecule has 5 heteroatoms. The summed E-state index contributed by atoms with van der Waals surface area (Å²) in [7, 11) is 0. The Bertz CT molecular complexity index is 476. The molecule has 2 aromatic heterocycles. The maximum absolute atomic E-state index is 8.96. The molecular weight excluding hydrogens is 232 g/mol. The summed E-state index contributed by atoms with van der Waals surface area (Å²) in [6.45, 7) is 5.68. The zero-order chi connectivity index (χ0) is 12.8. The number of nitrogens with zero attached hydrogens (tertiary/aromatic N) is 2. The van der Waals surface area contributed by atoms with Crippen LogP contribution in [0.5, 0.6) is 0 Å². The summed E-state index contributed by atoms with van der Waals surface area (Å²) < 4.78 is 10.4. The Labute approximate surface area is 105 Å². The van der Waals surface area contributed by atoms with Crippen LogP contribution in [-0.2, 0) is 6.54 Å². The smallest absolute Gasteiger partial charge is 0.202 e. The van der Waals surface area contributed by atoms with Gasteiger partial charge in [0.1, 0.15) is 0 Å². The second-order valence-corrected chi connectivity index (χ2v) is 3.91. The lowest BCUT2D eigenvalue weighted by atomic mass is 10.3. The predicted molar refractivity (Wildman–Crippen MR) is 66.8 cm³/mol. The third kappa shape index (κ3) is 3.09. The molecule has 0 bridgehead atoms. The van der Waals surface area contributed by atoms with Crippen molar-refractivity contribution in [2.45, 2.75) is 6.54 Å². The van der Waals surface area contributed by atoms with E-state index in [9.17, 15) is 0 Å². The molecule has 0 aliphatic carbocycles. The maximum Gasteiger partial charge on any atom is 0.202 e. The van der Waals surface area contributed by atoms with E-state index in [0.29, 0.717) is 31.2 Å². The molecule has 0 aromatic carbocycles. The molecule has 0 unspecified atom stereocenters. The van der Waals surface area contributed by atoms with Crippen molar-refractivity contribution in [2.75, 3.05) is 19.7 Å². The van der Waals surface area contributed by atoms with Crippen LogP contribution in [-0.4, -0.2) is 34.9 Å². The zero-order valence-corrected chi connectivity index (χ0v) is 10.1. The molecule has 0 fully saturated rings. The van der Waals surface area contributed by atoms with Gasteiger partial charge in [0.05, 0.1) is 18.6 Å². The lowest BCUT2D eigenvalue weighted by Gasteiger charge is -2.17. The third-order valence-corrected chi connectivity index (χ3v) is 2.51. The Morgan fingerprint density at radius 2 is 2.33 bits per heavy atom. The molecule has 0 saturated heterocycles. The molecule has 96 valence electrons. The van der Waals surface area contributed by atoms with Gasteiger partial charge in [0.25, 0.3) is 0 Å². The van der Waals surface area contributed by atoms with E-state index in [1.165, 1.54) is 0 Å². The summed E-state index contributed by atoms with van der Waals surface area (Å²) in [4.78, 5) is 2.02. The van der Waals surface area contributed by atoms with Gasteiger partial charge >= 0.3 is 0 Å². The number of hydrogen-bond acceptors (Lipinski definition) is 5. The number of aliphatic hydroxyl groups excluding tert-OH is 1. The molecule has 0 aliphatic heterocycles. The van der Waals surface area contributed by atoms with Crippen LogP contribution < -0.4 is 0 Å². The van der Waals surface area contributed by atoms with Crippen LogP contribution in [0, 0.1) is 0 Å². The Kier molecular flexibility index (Phi) is 4.33. The highest BCUT2D eigenvalue weighted by atomic mass is 16.5. The molecule has 0 aliphatic rings. The standard InChI is InChI=1S/C13H16N2O3/c1-2-5-15(6-7-16)10-11-9-13(18-14-11)12-4-3-8-17-12/h2-4,8-9,16H,1,5-7,10H2. The second-order valence-electron chi connectivity index (χ2n) is 3.91. The predicted octanol–water partition coefficient (Wildman–Crippen LogP) is 1.91. The van der Waals surface area contributed by atoms with Crippen molar-refractivity contribution < 1.29 is 14.0 Å². The molecule has 2 rings (SSSR count). The minimum Gasteiger partial charge on any atom is -0.461 e. The summed E-state index contributed by atoms with van der Waals surface area (Å²) in [6.07, 6.45) is 3.39. The number of rotatable bonds is 7. The Morgan fingerprint density at radius 3 is 3.00 bits per heavy atom. The molecule has 2 heterocycles. The van der Waals surface area contributed by atoms with E-state index in [1.807, 2.05) is 17.0 Å². The van der Waals surface area contributed by atoms with Crippen molar-refractivity contribution in [2.24, 2.45) is 0 Å². The van der Waals surface area contributed by atoms with Crippen LogP contribution in [0.1, 0.15) is 5.69 Å². The molecule has 1 N–H and O–H groups in total. The van der Waals surface area contributed by atoms with Crippen molar-refractivity contribution in [1.82, 2.24) is 10.1 Å². The number of aromatic nitrogens is 1. The van der Waals surface area contributed by atoms with E-state index in [2.05, 4.69) is 11.7 Å². The monoisotopic (exact) mass is 248 g/mol. The Morgan fingerprint density at radius 1 is 1.44 bits per heavy atom. The molecule has 0 spiro atoms. The van der Waals surface area contributed by atoms with Gasteiger partial charge in [-0.1, -0.05) is 11.2 Å². The van der Waals surface area contributed by atoms with Gasteiger partial charge in [0.15, 0.2) is 5.76 Å². The van der Waals surface area contributed by atoms with E-state index in [0.717, 1.165) is 5.69 Å². The lowest BCUT2D eigenvalue weighted by molar-refractivity contribution is 0.200. The van der Waals surface area contributed by atoms with E-state index in [1.54, 1.807) is 18.4 Å². The van der Waals surface area contributed by atoms with E-state index in [4.69, 9.17) is 14.0 Å². The fourth-order valence-corrected chi connectivity index (χ4v) is 1.71. The fourth-order valence-electron chi connectivity index (χ4n) is 1.71. The highest BCUT2D eigenvalue weighted by molar-refractivity contribution is 5.49. The van der Waals surface area contributed by atoms with Crippen LogP contribution in [0.3, 0.4) is 0 Å². The SMILES string of the molecule is C=CCN(CCO)Cc1cc(-c2ccco2)on1. The van der Waals surface area contributed by atoms with Gasteiger partial charge in [-0.3, -0.25) is 4.90 Å². The van der Waals surface area contributed by atoms with Gasteiger partial charge in [-0.15, -0.1) is 6.58 Å². The third-order valence-electron chi connectivity index (χ3n) is 2.51. The molecular formula is C13H16N2O3. The summed E-state index contributed by atoms with van der Waals surface area (Å²) in [5.41, 5.74) is 0.803. The minimum absolute atomic E-state index is 0.108. The average molecular weight is 248 g/mol. The summed E-state index contributed by atoms with van der Waals surface area (Å²) in [5, 5.41) is 12.9. The first-order valence-corrected chi connectivity index (χ1v) is 5.77. The highest BCUT2D eigenvalue weighted by Gasteiger charge is 2.11. The number of furan rings is 1. The van der Waals surface area contributed by atoms with Crippen LogP contribution in [0.2, 0.25) is 0 Å². The lowest BCUT2D eigenvalue weighted by Crippen LogP contribution is -2.26. The highest BCUT2D eigenvalue weighted by Crippen LogP contribution is 2.21. The quantitative estimate of drug-likeness (QED) is 0.758. The molecule has 5 nitrogen and oxygen atoms in total. The summed E-state index contributed by atoms with van der Waals surface area (Å²) in [5.74, 6) is 1.27. The normalized spacial score (nSPS) is 11.0. The van der Waals surface area contributed by atoms with Crippen molar-refractivity contribution in [1.29, 1.82) is 0 Å². The minimum atomic E-state index is 0.108. The van der Waals surface area contributed by atoms with E-state index < -0.39 is 0 Å². The Hall–Kier alpha value is -1.85. The van der Waals surface area contributed by atoms with Crippen molar-refractivity contribution in [3.8, 4) is 11.5 Å². The fraction of sp³-hybridized carbons (Fsp3) is 0.308. The van der Waals surface area contributed by atoms with Crippen LogP contribution in [0.4, 0.5) is 0 Å². The van der Waals surface area contributed by atoms with E-state index >= 15 is 0 Å². The molecule has 0 radical (unpaired) electrons. The molecule has 2 aromatic rings. The van der Waals surface area contributed by atoms with E-state index in [-0.39, 0.29) is 6.61 Å². The van der Waals surface area contributed by atoms with Gasteiger partial charge in [0.2, 0.25) is 5.76 Å². The van der Waals surface area contributed by atoms with Gasteiger partial charge in [-0.05, 0) is 12.1 Å². The van der Waals surface area contributed by atoms with Gasteiger partial charge in [-0.2, -0.15) is 0 Å². The van der Waals surface area contributed by atoms with Crippen molar-refractivity contribution in [3.05, 3.63) is 42.8 Å². The largest absolute Gasteiger partial charge is 0.461 e. The number of aliphatic hydroxyl groups is 1. The summed E-state index contributed by atoms with van der Waals surface area (Å²) in [6, 6.07) is 5.46.